The van der Waals surface area contributed by atoms with Crippen LogP contribution in [-0.2, 0) is 6.42 Å². The van der Waals surface area contributed by atoms with Crippen LogP contribution in [0.4, 0.5) is 10.2 Å². The summed E-state index contributed by atoms with van der Waals surface area (Å²) in [5.74, 6) is 0.616. The fourth-order valence-corrected chi connectivity index (χ4v) is 2.08. The van der Waals surface area contributed by atoms with Crippen molar-refractivity contribution in [1.82, 2.24) is 9.97 Å². The standard InChI is InChI=1S/C11H17FN4/c1-2-9-10(12)11(15-7-14-9)16-4-3-8(5-13)6-16/h7-8H,2-6,13H2,1H3. The van der Waals surface area contributed by atoms with Crippen LogP contribution in [0.1, 0.15) is 19.0 Å². The second kappa shape index (κ2) is 4.74. The molecule has 1 saturated heterocycles. The van der Waals surface area contributed by atoms with Crippen LogP contribution in [0.25, 0.3) is 0 Å². The highest BCUT2D eigenvalue weighted by Crippen LogP contribution is 2.24. The van der Waals surface area contributed by atoms with Gasteiger partial charge in [-0.15, -0.1) is 0 Å². The number of hydrogen-bond donors (Lipinski definition) is 1. The second-order valence-electron chi connectivity index (χ2n) is 4.15. The maximum atomic E-state index is 14.0. The lowest BCUT2D eigenvalue weighted by molar-refractivity contribution is 0.581. The Hall–Kier alpha value is -1.23. The molecule has 5 heteroatoms. The molecule has 1 aliphatic heterocycles. The maximum absolute atomic E-state index is 14.0. The minimum atomic E-state index is -0.275. The Morgan fingerprint density at radius 2 is 2.38 bits per heavy atom. The van der Waals surface area contributed by atoms with E-state index in [2.05, 4.69) is 9.97 Å². The van der Waals surface area contributed by atoms with Gasteiger partial charge in [-0.3, -0.25) is 0 Å². The molecule has 4 nitrogen and oxygen atoms in total. The first-order valence-electron chi connectivity index (χ1n) is 5.70. The summed E-state index contributed by atoms with van der Waals surface area (Å²) in [5.41, 5.74) is 6.10. The Balaban J connectivity index is 2.21. The molecule has 1 atom stereocenters. The zero-order valence-electron chi connectivity index (χ0n) is 9.49. The summed E-state index contributed by atoms with van der Waals surface area (Å²) in [7, 11) is 0. The number of halogens is 1. The van der Waals surface area contributed by atoms with Crippen molar-refractivity contribution in [2.75, 3.05) is 24.5 Å². The molecule has 88 valence electrons. The van der Waals surface area contributed by atoms with Crippen LogP contribution in [0.2, 0.25) is 0 Å². The van der Waals surface area contributed by atoms with Crippen molar-refractivity contribution in [3.8, 4) is 0 Å². The highest BCUT2D eigenvalue weighted by molar-refractivity contribution is 5.42. The van der Waals surface area contributed by atoms with Crippen molar-refractivity contribution in [2.45, 2.75) is 19.8 Å². The molecule has 2 N–H and O–H groups in total. The molecule has 1 fully saturated rings. The maximum Gasteiger partial charge on any atom is 0.187 e. The van der Waals surface area contributed by atoms with Gasteiger partial charge in [0.1, 0.15) is 6.33 Å². The number of nitrogens with two attached hydrogens (primary N) is 1. The average Bonchev–Trinajstić information content (AvgIpc) is 2.78. The van der Waals surface area contributed by atoms with E-state index in [0.717, 1.165) is 19.5 Å². The van der Waals surface area contributed by atoms with Gasteiger partial charge < -0.3 is 10.6 Å². The monoisotopic (exact) mass is 224 g/mol. The fraction of sp³-hybridized carbons (Fsp3) is 0.636. The largest absolute Gasteiger partial charge is 0.354 e. The first-order valence-corrected chi connectivity index (χ1v) is 5.70. The van der Waals surface area contributed by atoms with E-state index in [-0.39, 0.29) is 5.82 Å². The van der Waals surface area contributed by atoms with Gasteiger partial charge in [0.05, 0.1) is 5.69 Å². The van der Waals surface area contributed by atoms with Gasteiger partial charge in [0.2, 0.25) is 0 Å². The molecule has 0 amide bonds. The summed E-state index contributed by atoms with van der Waals surface area (Å²) in [6.45, 7) is 4.18. The van der Waals surface area contributed by atoms with Crippen molar-refractivity contribution < 1.29 is 4.39 Å². The Morgan fingerprint density at radius 3 is 3.00 bits per heavy atom. The predicted molar refractivity (Wildman–Crippen MR) is 60.7 cm³/mol. The summed E-state index contributed by atoms with van der Waals surface area (Å²) in [6.07, 6.45) is 3.05. The van der Waals surface area contributed by atoms with Crippen molar-refractivity contribution in [3.05, 3.63) is 17.8 Å². The van der Waals surface area contributed by atoms with Crippen molar-refractivity contribution in [3.63, 3.8) is 0 Å². The lowest BCUT2D eigenvalue weighted by atomic mass is 10.1. The van der Waals surface area contributed by atoms with Gasteiger partial charge in [-0.1, -0.05) is 6.92 Å². The third-order valence-corrected chi connectivity index (χ3v) is 3.10. The Morgan fingerprint density at radius 1 is 1.56 bits per heavy atom. The molecular formula is C11H17FN4. The summed E-state index contributed by atoms with van der Waals surface area (Å²) < 4.78 is 14.0. The van der Waals surface area contributed by atoms with E-state index < -0.39 is 0 Å². The third kappa shape index (κ3) is 2.00. The summed E-state index contributed by atoms with van der Waals surface area (Å²) in [4.78, 5) is 9.93. The number of nitrogens with zero attached hydrogens (tertiary/aromatic N) is 3. The van der Waals surface area contributed by atoms with Crippen molar-refractivity contribution in [2.24, 2.45) is 11.7 Å². The van der Waals surface area contributed by atoms with E-state index in [1.165, 1.54) is 6.33 Å². The molecule has 16 heavy (non-hydrogen) atoms. The highest BCUT2D eigenvalue weighted by Gasteiger charge is 2.25. The number of aryl methyl sites for hydroxylation is 1. The predicted octanol–water partition coefficient (Wildman–Crippen LogP) is 0.963. The average molecular weight is 224 g/mol. The van der Waals surface area contributed by atoms with Crippen molar-refractivity contribution >= 4 is 5.82 Å². The van der Waals surface area contributed by atoms with Gasteiger partial charge in [0.15, 0.2) is 11.6 Å². The Kier molecular flexibility index (Phi) is 3.33. The number of aromatic nitrogens is 2. The number of hydrogen-bond acceptors (Lipinski definition) is 4. The molecule has 0 aromatic carbocycles. The minimum Gasteiger partial charge on any atom is -0.354 e. The third-order valence-electron chi connectivity index (χ3n) is 3.10. The first kappa shape index (κ1) is 11.3. The molecule has 1 unspecified atom stereocenters. The van der Waals surface area contributed by atoms with E-state index >= 15 is 0 Å². The van der Waals surface area contributed by atoms with Crippen LogP contribution < -0.4 is 10.6 Å². The Bertz CT molecular complexity index is 369. The van der Waals surface area contributed by atoms with Gasteiger partial charge in [-0.2, -0.15) is 0 Å². The molecule has 1 aromatic rings. The quantitative estimate of drug-likeness (QED) is 0.831. The molecule has 1 aliphatic rings. The van der Waals surface area contributed by atoms with Gasteiger partial charge in [0.25, 0.3) is 0 Å². The zero-order chi connectivity index (χ0) is 11.5. The van der Waals surface area contributed by atoms with E-state index in [4.69, 9.17) is 5.73 Å². The van der Waals surface area contributed by atoms with E-state index in [9.17, 15) is 4.39 Å². The van der Waals surface area contributed by atoms with Gasteiger partial charge in [-0.25, -0.2) is 14.4 Å². The fourth-order valence-electron chi connectivity index (χ4n) is 2.08. The number of rotatable bonds is 3. The SMILES string of the molecule is CCc1ncnc(N2CCC(CN)C2)c1F. The van der Waals surface area contributed by atoms with E-state index in [0.29, 0.717) is 30.4 Å². The minimum absolute atomic E-state index is 0.275. The smallest absolute Gasteiger partial charge is 0.187 e. The molecular weight excluding hydrogens is 207 g/mol. The first-order chi connectivity index (χ1) is 7.76. The second-order valence-corrected chi connectivity index (χ2v) is 4.15. The van der Waals surface area contributed by atoms with Gasteiger partial charge >= 0.3 is 0 Å². The van der Waals surface area contributed by atoms with Crippen LogP contribution >= 0.6 is 0 Å². The molecule has 1 aromatic heterocycles. The number of anilines is 1. The van der Waals surface area contributed by atoms with E-state index in [1.807, 2.05) is 11.8 Å². The summed E-state index contributed by atoms with van der Waals surface area (Å²) in [5, 5.41) is 0. The normalized spacial score (nSPS) is 20.4. The Labute approximate surface area is 94.7 Å². The molecule has 0 bridgehead atoms. The zero-order valence-corrected chi connectivity index (χ0v) is 9.49. The molecule has 2 heterocycles. The van der Waals surface area contributed by atoms with Crippen LogP contribution in [0, 0.1) is 11.7 Å². The van der Waals surface area contributed by atoms with Gasteiger partial charge in [0, 0.05) is 13.1 Å². The van der Waals surface area contributed by atoms with Crippen LogP contribution in [0.15, 0.2) is 6.33 Å². The lowest BCUT2D eigenvalue weighted by Crippen LogP contribution is -2.25. The highest BCUT2D eigenvalue weighted by atomic mass is 19.1. The van der Waals surface area contributed by atoms with Crippen LogP contribution in [0.5, 0.6) is 0 Å². The summed E-state index contributed by atoms with van der Waals surface area (Å²) >= 11 is 0. The summed E-state index contributed by atoms with van der Waals surface area (Å²) in [6, 6.07) is 0. The molecule has 0 radical (unpaired) electrons. The van der Waals surface area contributed by atoms with Crippen LogP contribution in [-0.4, -0.2) is 29.6 Å². The van der Waals surface area contributed by atoms with Crippen molar-refractivity contribution in [1.29, 1.82) is 0 Å². The molecule has 0 aliphatic carbocycles. The topological polar surface area (TPSA) is 55.0 Å². The van der Waals surface area contributed by atoms with Gasteiger partial charge in [-0.05, 0) is 25.3 Å². The van der Waals surface area contributed by atoms with E-state index in [1.54, 1.807) is 0 Å². The van der Waals surface area contributed by atoms with Crippen LogP contribution in [0.3, 0.4) is 0 Å². The molecule has 0 spiro atoms. The molecule has 0 saturated carbocycles. The molecule has 2 rings (SSSR count). The lowest BCUT2D eigenvalue weighted by Gasteiger charge is -2.18.